The first-order chi connectivity index (χ1) is 14.9. The maximum Gasteiger partial charge on any atom is 0.330 e. The minimum absolute atomic E-state index is 0.263. The minimum Gasteiger partial charge on any atom is -0.493 e. The third-order valence-electron chi connectivity index (χ3n) is 4.53. The standard InChI is InChI=1S/C21H28O10/c1-5-8-29-20-13(26-2)9-12(10-14(20)27-3)6-7-16(22)30-11-15-17(23)18(24)19(25)21(28-4)31-15/h5-7,9-10,15,17-19,21,23-25H,1,8,11H2,2-4H3/b7-6+/t15-,17-,18+,19-,21?/m1/s1. The average molecular weight is 440 g/mol. The molecule has 10 nitrogen and oxygen atoms in total. The van der Waals surface area contributed by atoms with Crippen molar-refractivity contribution in [2.75, 3.05) is 34.5 Å². The van der Waals surface area contributed by atoms with Gasteiger partial charge in [-0.3, -0.25) is 0 Å². The van der Waals surface area contributed by atoms with Gasteiger partial charge in [-0.05, 0) is 23.8 Å². The van der Waals surface area contributed by atoms with Crippen LogP contribution in [0.15, 0.2) is 30.9 Å². The first-order valence-electron chi connectivity index (χ1n) is 9.43. The van der Waals surface area contributed by atoms with E-state index in [2.05, 4.69) is 6.58 Å². The van der Waals surface area contributed by atoms with Gasteiger partial charge < -0.3 is 43.7 Å². The largest absolute Gasteiger partial charge is 0.493 e. The average Bonchev–Trinajstić information content (AvgIpc) is 2.79. The summed E-state index contributed by atoms with van der Waals surface area (Å²) < 4.78 is 31.5. The van der Waals surface area contributed by atoms with Crippen LogP contribution < -0.4 is 14.2 Å². The lowest BCUT2D eigenvalue weighted by Gasteiger charge is -2.39. The molecular weight excluding hydrogens is 412 g/mol. The highest BCUT2D eigenvalue weighted by Crippen LogP contribution is 2.39. The normalized spacial score (nSPS) is 25.8. The van der Waals surface area contributed by atoms with E-state index >= 15 is 0 Å². The van der Waals surface area contributed by atoms with E-state index in [1.165, 1.54) is 33.5 Å². The van der Waals surface area contributed by atoms with Crippen molar-refractivity contribution in [3.05, 3.63) is 36.4 Å². The Hall–Kier alpha value is -2.63. The number of rotatable bonds is 10. The second-order valence-corrected chi connectivity index (χ2v) is 6.57. The molecular formula is C21H28O10. The molecule has 0 spiro atoms. The maximum atomic E-state index is 12.1. The molecule has 172 valence electrons. The van der Waals surface area contributed by atoms with Crippen molar-refractivity contribution in [3.63, 3.8) is 0 Å². The zero-order valence-corrected chi connectivity index (χ0v) is 17.6. The summed E-state index contributed by atoms with van der Waals surface area (Å²) in [5.41, 5.74) is 0.587. The molecule has 31 heavy (non-hydrogen) atoms. The van der Waals surface area contributed by atoms with Gasteiger partial charge in [-0.25, -0.2) is 4.79 Å². The van der Waals surface area contributed by atoms with E-state index in [9.17, 15) is 20.1 Å². The number of benzene rings is 1. The highest BCUT2D eigenvalue weighted by Gasteiger charge is 2.44. The molecule has 0 amide bonds. The van der Waals surface area contributed by atoms with Crippen LogP contribution in [0.3, 0.4) is 0 Å². The molecule has 10 heteroatoms. The first-order valence-corrected chi connectivity index (χ1v) is 9.43. The molecule has 1 aliphatic heterocycles. The van der Waals surface area contributed by atoms with Gasteiger partial charge in [-0.2, -0.15) is 0 Å². The lowest BCUT2D eigenvalue weighted by atomic mass is 9.99. The predicted octanol–water partition coefficient (Wildman–Crippen LogP) is 0.279. The number of methoxy groups -OCH3 is 3. The van der Waals surface area contributed by atoms with Crippen molar-refractivity contribution in [1.82, 2.24) is 0 Å². The molecule has 1 aromatic rings. The molecule has 2 rings (SSSR count). The van der Waals surface area contributed by atoms with Crippen LogP contribution in [0.4, 0.5) is 0 Å². The Morgan fingerprint density at radius 2 is 1.74 bits per heavy atom. The van der Waals surface area contributed by atoms with E-state index in [0.717, 1.165) is 0 Å². The van der Waals surface area contributed by atoms with Crippen LogP contribution in [0.1, 0.15) is 5.56 Å². The van der Waals surface area contributed by atoms with Crippen molar-refractivity contribution < 1.29 is 48.5 Å². The molecule has 1 fully saturated rings. The fourth-order valence-corrected chi connectivity index (χ4v) is 2.91. The summed E-state index contributed by atoms with van der Waals surface area (Å²) in [5, 5.41) is 29.6. The van der Waals surface area contributed by atoms with Gasteiger partial charge in [0.1, 0.15) is 37.6 Å². The number of hydrogen-bond acceptors (Lipinski definition) is 10. The van der Waals surface area contributed by atoms with Crippen molar-refractivity contribution in [1.29, 1.82) is 0 Å². The topological polar surface area (TPSA) is 133 Å². The second kappa shape index (κ2) is 11.7. The number of aliphatic hydroxyl groups is 3. The number of esters is 1. The number of carbonyl (C=O) groups excluding carboxylic acids is 1. The van der Waals surface area contributed by atoms with Crippen LogP contribution >= 0.6 is 0 Å². The van der Waals surface area contributed by atoms with E-state index < -0.39 is 36.7 Å². The minimum atomic E-state index is -1.50. The van der Waals surface area contributed by atoms with Gasteiger partial charge in [-0.1, -0.05) is 12.7 Å². The number of carbonyl (C=O) groups is 1. The van der Waals surface area contributed by atoms with Gasteiger partial charge in [0, 0.05) is 13.2 Å². The smallest absolute Gasteiger partial charge is 0.330 e. The summed E-state index contributed by atoms with van der Waals surface area (Å²) in [4.78, 5) is 12.1. The molecule has 0 saturated carbocycles. The highest BCUT2D eigenvalue weighted by molar-refractivity contribution is 5.87. The van der Waals surface area contributed by atoms with Gasteiger partial charge in [0.25, 0.3) is 0 Å². The zero-order valence-electron chi connectivity index (χ0n) is 17.6. The number of aliphatic hydroxyl groups excluding tert-OH is 3. The second-order valence-electron chi connectivity index (χ2n) is 6.57. The lowest BCUT2D eigenvalue weighted by Crippen LogP contribution is -2.59. The zero-order chi connectivity index (χ0) is 23.0. The number of hydrogen-bond donors (Lipinski definition) is 3. The molecule has 1 aliphatic rings. The van der Waals surface area contributed by atoms with Gasteiger partial charge in [-0.15, -0.1) is 0 Å². The summed E-state index contributed by atoms with van der Waals surface area (Å²) in [7, 11) is 4.23. The Kier molecular flexibility index (Phi) is 9.28. The van der Waals surface area contributed by atoms with Crippen LogP contribution in [0.25, 0.3) is 6.08 Å². The van der Waals surface area contributed by atoms with Crippen LogP contribution in [0, 0.1) is 0 Å². The lowest BCUT2D eigenvalue weighted by molar-refractivity contribution is -0.294. The van der Waals surface area contributed by atoms with Crippen molar-refractivity contribution in [2.45, 2.75) is 30.7 Å². The molecule has 0 aromatic heterocycles. The van der Waals surface area contributed by atoms with Crippen molar-refractivity contribution >= 4 is 12.0 Å². The predicted molar refractivity (Wildman–Crippen MR) is 109 cm³/mol. The van der Waals surface area contributed by atoms with Crippen molar-refractivity contribution in [3.8, 4) is 17.2 Å². The van der Waals surface area contributed by atoms with E-state index in [1.54, 1.807) is 18.2 Å². The Bertz CT molecular complexity index is 750. The molecule has 1 saturated heterocycles. The van der Waals surface area contributed by atoms with Gasteiger partial charge in [0.15, 0.2) is 17.8 Å². The molecule has 1 heterocycles. The Morgan fingerprint density at radius 1 is 1.10 bits per heavy atom. The van der Waals surface area contributed by atoms with Gasteiger partial charge in [0.2, 0.25) is 5.75 Å². The van der Waals surface area contributed by atoms with Crippen LogP contribution in [0.2, 0.25) is 0 Å². The molecule has 0 radical (unpaired) electrons. The summed E-state index contributed by atoms with van der Waals surface area (Å²) in [6.45, 7) is 3.51. The van der Waals surface area contributed by atoms with E-state index in [4.69, 9.17) is 28.4 Å². The summed E-state index contributed by atoms with van der Waals surface area (Å²) in [5.74, 6) is 0.508. The summed E-state index contributed by atoms with van der Waals surface area (Å²) >= 11 is 0. The number of ether oxygens (including phenoxy) is 6. The molecule has 1 unspecified atom stereocenters. The quantitative estimate of drug-likeness (QED) is 0.265. The van der Waals surface area contributed by atoms with Crippen LogP contribution in [0.5, 0.6) is 17.2 Å². The van der Waals surface area contributed by atoms with E-state index in [0.29, 0.717) is 22.8 Å². The third-order valence-corrected chi connectivity index (χ3v) is 4.53. The van der Waals surface area contributed by atoms with E-state index in [1.807, 2.05) is 0 Å². The Morgan fingerprint density at radius 3 is 2.29 bits per heavy atom. The Balaban J connectivity index is 2.03. The maximum absolute atomic E-state index is 12.1. The van der Waals surface area contributed by atoms with Gasteiger partial charge >= 0.3 is 5.97 Å². The van der Waals surface area contributed by atoms with Gasteiger partial charge in [0.05, 0.1) is 14.2 Å². The first kappa shape index (κ1) is 24.6. The SMILES string of the molecule is C=CCOc1c(OC)cc(/C=C/C(=O)OC[C@H]2OC(OC)[C@H](O)[C@@H](O)[C@@H]2O)cc1OC. The third kappa shape index (κ3) is 6.18. The van der Waals surface area contributed by atoms with Crippen LogP contribution in [-0.4, -0.2) is 86.5 Å². The molecule has 5 atom stereocenters. The van der Waals surface area contributed by atoms with E-state index in [-0.39, 0.29) is 13.2 Å². The fourth-order valence-electron chi connectivity index (χ4n) is 2.91. The summed E-state index contributed by atoms with van der Waals surface area (Å²) in [6, 6.07) is 3.30. The molecule has 0 aliphatic carbocycles. The molecule has 3 N–H and O–H groups in total. The summed E-state index contributed by atoms with van der Waals surface area (Å²) in [6.07, 6.45) is -2.34. The van der Waals surface area contributed by atoms with Crippen LogP contribution in [-0.2, 0) is 19.0 Å². The highest BCUT2D eigenvalue weighted by atomic mass is 16.7. The molecule has 0 bridgehead atoms. The monoisotopic (exact) mass is 440 g/mol. The van der Waals surface area contributed by atoms with Crippen molar-refractivity contribution in [2.24, 2.45) is 0 Å². The molecule has 1 aromatic carbocycles. The Labute approximate surface area is 180 Å². The fraction of sp³-hybridized carbons (Fsp3) is 0.476.